The van der Waals surface area contributed by atoms with Gasteiger partial charge >= 0.3 is 4.87 Å². The number of hydrogen-bond acceptors (Lipinski definition) is 6. The average Bonchev–Trinajstić information content (AvgIpc) is 2.93. The first-order chi connectivity index (χ1) is 10.1. The van der Waals surface area contributed by atoms with E-state index in [0.29, 0.717) is 6.54 Å². The summed E-state index contributed by atoms with van der Waals surface area (Å²) in [7, 11) is 0. The van der Waals surface area contributed by atoms with Crippen LogP contribution in [0.2, 0.25) is 0 Å². The van der Waals surface area contributed by atoms with Crippen LogP contribution in [0.15, 0.2) is 21.5 Å². The Morgan fingerprint density at radius 2 is 2.10 bits per heavy atom. The highest BCUT2D eigenvalue weighted by molar-refractivity contribution is 7.99. The maximum Gasteiger partial charge on any atom is 0.307 e. The van der Waals surface area contributed by atoms with E-state index in [0.717, 1.165) is 21.3 Å². The van der Waals surface area contributed by atoms with Gasteiger partial charge in [0.1, 0.15) is 16.2 Å². The van der Waals surface area contributed by atoms with Gasteiger partial charge in [-0.25, -0.2) is 9.97 Å². The van der Waals surface area contributed by atoms with Crippen molar-refractivity contribution in [1.82, 2.24) is 14.5 Å². The fraction of sp³-hybridized carbons (Fsp3) is 0.357. The molecule has 3 aromatic rings. The van der Waals surface area contributed by atoms with Gasteiger partial charge in [-0.1, -0.05) is 11.3 Å². The minimum atomic E-state index is 0.114. The summed E-state index contributed by atoms with van der Waals surface area (Å²) >= 11 is 4.66. The van der Waals surface area contributed by atoms with Crippen LogP contribution in [0, 0.1) is 20.8 Å². The van der Waals surface area contributed by atoms with E-state index in [1.807, 2.05) is 16.9 Å². The predicted molar refractivity (Wildman–Crippen MR) is 90.9 cm³/mol. The second-order valence-corrected chi connectivity index (χ2v) is 7.89. The van der Waals surface area contributed by atoms with E-state index >= 15 is 0 Å². The Kier molecular flexibility index (Phi) is 4.14. The lowest BCUT2D eigenvalue weighted by atomic mass is 10.2. The van der Waals surface area contributed by atoms with Crippen molar-refractivity contribution >= 4 is 44.7 Å². The minimum Gasteiger partial charge on any atom is -0.303 e. The molecule has 7 heteroatoms. The zero-order chi connectivity index (χ0) is 15.0. The normalized spacial score (nSPS) is 11.4. The van der Waals surface area contributed by atoms with Gasteiger partial charge in [0.05, 0.1) is 0 Å². The highest BCUT2D eigenvalue weighted by Crippen LogP contribution is 2.34. The first kappa shape index (κ1) is 14.7. The molecular weight excluding hydrogens is 322 g/mol. The lowest BCUT2D eigenvalue weighted by Gasteiger charge is -2.05. The second-order valence-electron chi connectivity index (χ2n) is 4.79. The van der Waals surface area contributed by atoms with Gasteiger partial charge in [-0.2, -0.15) is 0 Å². The Balaban J connectivity index is 1.81. The van der Waals surface area contributed by atoms with Gasteiger partial charge < -0.3 is 4.57 Å². The number of fused-ring (bicyclic) bond motifs is 1. The number of aryl methyl sites for hydroxylation is 3. The second kappa shape index (κ2) is 5.90. The summed E-state index contributed by atoms with van der Waals surface area (Å²) in [6.45, 7) is 6.92. The molecule has 0 fully saturated rings. The molecule has 0 spiro atoms. The van der Waals surface area contributed by atoms with Crippen molar-refractivity contribution in [3.8, 4) is 0 Å². The summed E-state index contributed by atoms with van der Waals surface area (Å²) in [5, 5.41) is 4.09. The Morgan fingerprint density at radius 3 is 2.81 bits per heavy atom. The molecule has 4 nitrogen and oxygen atoms in total. The van der Waals surface area contributed by atoms with E-state index in [2.05, 4.69) is 23.8 Å². The van der Waals surface area contributed by atoms with Crippen LogP contribution in [0.1, 0.15) is 16.1 Å². The third kappa shape index (κ3) is 2.77. The summed E-state index contributed by atoms with van der Waals surface area (Å²) in [4.78, 5) is 22.9. The number of thiophene rings is 1. The predicted octanol–water partition coefficient (Wildman–Crippen LogP) is 3.63. The minimum absolute atomic E-state index is 0.114. The summed E-state index contributed by atoms with van der Waals surface area (Å²) in [6.07, 6.45) is 1.63. The Bertz CT molecular complexity index is 847. The zero-order valence-corrected chi connectivity index (χ0v) is 14.5. The molecule has 3 aromatic heterocycles. The number of nitrogens with zero attached hydrogens (tertiary/aromatic N) is 3. The Hall–Kier alpha value is -1.18. The SMILES string of the molecule is Cc1sc2ncnc(SCCn3c(C)csc3=O)c2c1C. The summed E-state index contributed by atoms with van der Waals surface area (Å²) < 4.78 is 1.82. The molecule has 3 rings (SSSR count). The van der Waals surface area contributed by atoms with E-state index in [-0.39, 0.29) is 4.87 Å². The maximum atomic E-state index is 11.7. The number of aromatic nitrogens is 3. The van der Waals surface area contributed by atoms with E-state index < -0.39 is 0 Å². The van der Waals surface area contributed by atoms with Gasteiger partial charge in [0, 0.05) is 33.6 Å². The van der Waals surface area contributed by atoms with Crippen molar-refractivity contribution in [2.24, 2.45) is 0 Å². The van der Waals surface area contributed by atoms with E-state index in [4.69, 9.17) is 0 Å². The van der Waals surface area contributed by atoms with Crippen molar-refractivity contribution < 1.29 is 0 Å². The molecule has 21 heavy (non-hydrogen) atoms. The fourth-order valence-corrected chi connectivity index (χ4v) is 4.97. The molecule has 0 unspecified atom stereocenters. The van der Waals surface area contributed by atoms with Gasteiger partial charge in [-0.05, 0) is 26.3 Å². The molecule has 0 amide bonds. The molecule has 0 bridgehead atoms. The van der Waals surface area contributed by atoms with Crippen LogP contribution in [0.25, 0.3) is 10.2 Å². The van der Waals surface area contributed by atoms with Gasteiger partial charge in [0.25, 0.3) is 0 Å². The molecular formula is C14H15N3OS3. The third-order valence-corrected chi connectivity index (χ3v) is 6.43. The van der Waals surface area contributed by atoms with Gasteiger partial charge in [0.15, 0.2) is 0 Å². The van der Waals surface area contributed by atoms with Crippen molar-refractivity contribution in [2.75, 3.05) is 5.75 Å². The van der Waals surface area contributed by atoms with Crippen LogP contribution in [-0.4, -0.2) is 20.3 Å². The third-order valence-electron chi connectivity index (χ3n) is 3.46. The molecule has 0 aliphatic heterocycles. The smallest absolute Gasteiger partial charge is 0.303 e. The van der Waals surface area contributed by atoms with E-state index in [1.165, 1.54) is 27.2 Å². The van der Waals surface area contributed by atoms with Gasteiger partial charge in [0.2, 0.25) is 0 Å². The summed E-state index contributed by atoms with van der Waals surface area (Å²) in [5.41, 5.74) is 2.29. The number of rotatable bonds is 4. The highest BCUT2D eigenvalue weighted by Gasteiger charge is 2.12. The van der Waals surface area contributed by atoms with Crippen molar-refractivity contribution in [1.29, 1.82) is 0 Å². The van der Waals surface area contributed by atoms with Gasteiger partial charge in [-0.3, -0.25) is 4.79 Å². The molecule has 0 aromatic carbocycles. The number of thiazole rings is 1. The largest absolute Gasteiger partial charge is 0.307 e. The van der Waals surface area contributed by atoms with Crippen LogP contribution in [0.4, 0.5) is 0 Å². The topological polar surface area (TPSA) is 47.8 Å². The first-order valence-electron chi connectivity index (χ1n) is 6.56. The van der Waals surface area contributed by atoms with Crippen LogP contribution < -0.4 is 4.87 Å². The Labute approximate surface area is 134 Å². The van der Waals surface area contributed by atoms with Crippen molar-refractivity contribution in [3.63, 3.8) is 0 Å². The van der Waals surface area contributed by atoms with Crippen LogP contribution in [0.3, 0.4) is 0 Å². The fourth-order valence-electron chi connectivity index (χ4n) is 2.17. The van der Waals surface area contributed by atoms with Crippen LogP contribution in [0.5, 0.6) is 0 Å². The molecule has 0 N–H and O–H groups in total. The molecule has 110 valence electrons. The molecule has 0 aliphatic rings. The lowest BCUT2D eigenvalue weighted by Crippen LogP contribution is -2.15. The summed E-state index contributed by atoms with van der Waals surface area (Å²) in [5.74, 6) is 0.831. The summed E-state index contributed by atoms with van der Waals surface area (Å²) in [6, 6.07) is 0. The molecule has 0 aliphatic carbocycles. The van der Waals surface area contributed by atoms with Crippen LogP contribution >= 0.6 is 34.4 Å². The Morgan fingerprint density at radius 1 is 1.29 bits per heavy atom. The maximum absolute atomic E-state index is 11.7. The molecule has 3 heterocycles. The van der Waals surface area contributed by atoms with Crippen molar-refractivity contribution in [3.05, 3.63) is 37.5 Å². The van der Waals surface area contributed by atoms with E-state index in [1.54, 1.807) is 29.4 Å². The standard InChI is InChI=1S/C14H15N3OS3/c1-8-6-20-14(18)17(8)4-5-19-12-11-9(2)10(3)21-13(11)16-7-15-12/h6-7H,4-5H2,1-3H3. The quantitative estimate of drug-likeness (QED) is 0.539. The molecule has 0 saturated heterocycles. The van der Waals surface area contributed by atoms with Gasteiger partial charge in [-0.15, -0.1) is 23.1 Å². The van der Waals surface area contributed by atoms with Crippen molar-refractivity contribution in [2.45, 2.75) is 32.3 Å². The first-order valence-corrected chi connectivity index (χ1v) is 9.24. The molecule has 0 atom stereocenters. The number of hydrogen-bond donors (Lipinski definition) is 0. The lowest BCUT2D eigenvalue weighted by molar-refractivity contribution is 0.730. The average molecular weight is 337 g/mol. The van der Waals surface area contributed by atoms with E-state index in [9.17, 15) is 4.79 Å². The molecule has 0 saturated carbocycles. The highest BCUT2D eigenvalue weighted by atomic mass is 32.2. The molecule has 0 radical (unpaired) electrons. The number of thioether (sulfide) groups is 1. The van der Waals surface area contributed by atoms with Crippen LogP contribution in [-0.2, 0) is 6.54 Å². The zero-order valence-electron chi connectivity index (χ0n) is 12.0. The monoisotopic (exact) mass is 337 g/mol.